The fourth-order valence-electron chi connectivity index (χ4n) is 2.19. The van der Waals surface area contributed by atoms with Gasteiger partial charge in [-0.1, -0.05) is 22.9 Å². The minimum Gasteiger partial charge on any atom is -0.334 e. The van der Waals surface area contributed by atoms with E-state index in [0.717, 1.165) is 23.2 Å². The first-order valence-corrected chi connectivity index (χ1v) is 7.50. The Morgan fingerprint density at radius 1 is 1.62 bits per heavy atom. The molecule has 1 aromatic rings. The van der Waals surface area contributed by atoms with Gasteiger partial charge in [-0.3, -0.25) is 4.79 Å². The first kappa shape index (κ1) is 12.1. The van der Waals surface area contributed by atoms with E-state index in [-0.39, 0.29) is 5.91 Å². The number of aryl methyl sites for hydroxylation is 1. The van der Waals surface area contributed by atoms with Crippen LogP contribution in [0.15, 0.2) is 12.1 Å². The summed E-state index contributed by atoms with van der Waals surface area (Å²) in [5.74, 6) is 0.802. The first-order chi connectivity index (χ1) is 7.63. The van der Waals surface area contributed by atoms with Crippen molar-refractivity contribution in [2.45, 2.75) is 26.3 Å². The molecule has 2 heterocycles. The Bertz CT molecular complexity index is 390. The summed E-state index contributed by atoms with van der Waals surface area (Å²) < 4.78 is 0. The van der Waals surface area contributed by atoms with Crippen LogP contribution in [-0.4, -0.2) is 28.7 Å². The average molecular weight is 302 g/mol. The third kappa shape index (κ3) is 2.18. The summed E-state index contributed by atoms with van der Waals surface area (Å²) in [6, 6.07) is 4.31. The summed E-state index contributed by atoms with van der Waals surface area (Å²) in [6.45, 7) is 5.15. The number of carbonyl (C=O) groups is 1. The summed E-state index contributed by atoms with van der Waals surface area (Å²) in [7, 11) is 0. The van der Waals surface area contributed by atoms with Gasteiger partial charge in [0.05, 0.1) is 4.88 Å². The summed E-state index contributed by atoms with van der Waals surface area (Å²) in [5.41, 5.74) is 0. The predicted octanol–water partition coefficient (Wildman–Crippen LogP) is 3.30. The molecule has 4 heteroatoms. The molecule has 1 saturated heterocycles. The fourth-order valence-corrected chi connectivity index (χ4v) is 4.00. The molecule has 0 N–H and O–H groups in total. The van der Waals surface area contributed by atoms with Gasteiger partial charge in [-0.2, -0.15) is 0 Å². The van der Waals surface area contributed by atoms with E-state index in [1.54, 1.807) is 11.3 Å². The van der Waals surface area contributed by atoms with Gasteiger partial charge in [-0.15, -0.1) is 11.3 Å². The van der Waals surface area contributed by atoms with Crippen molar-refractivity contribution in [2.24, 2.45) is 5.92 Å². The Balaban J connectivity index is 2.16. The van der Waals surface area contributed by atoms with E-state index in [9.17, 15) is 4.79 Å². The second kappa shape index (κ2) is 4.88. The lowest BCUT2D eigenvalue weighted by atomic mass is 10.1. The molecule has 2 nitrogen and oxygen atoms in total. The van der Waals surface area contributed by atoms with Gasteiger partial charge in [0.25, 0.3) is 5.91 Å². The standard InChI is InChI=1S/C12H16BrNOS/c1-8-5-6-14(10(8)7-13)12(15)11-4-3-9(2)16-11/h3-4,8,10H,5-7H2,1-2H3. The van der Waals surface area contributed by atoms with Crippen LogP contribution in [0.5, 0.6) is 0 Å². The van der Waals surface area contributed by atoms with Crippen LogP contribution in [0.25, 0.3) is 0 Å². The van der Waals surface area contributed by atoms with Crippen molar-refractivity contribution in [1.29, 1.82) is 0 Å². The van der Waals surface area contributed by atoms with E-state index in [4.69, 9.17) is 0 Å². The number of thiophene rings is 1. The highest BCUT2D eigenvalue weighted by molar-refractivity contribution is 9.09. The lowest BCUT2D eigenvalue weighted by Gasteiger charge is -2.24. The van der Waals surface area contributed by atoms with Gasteiger partial charge in [-0.05, 0) is 31.4 Å². The molecule has 0 aliphatic carbocycles. The number of hydrogen-bond donors (Lipinski definition) is 0. The molecule has 1 aliphatic rings. The van der Waals surface area contributed by atoms with E-state index in [1.165, 1.54) is 4.88 Å². The number of amides is 1. The molecule has 1 aromatic heterocycles. The Hall–Kier alpha value is -0.350. The van der Waals surface area contributed by atoms with Crippen LogP contribution in [0.2, 0.25) is 0 Å². The molecular formula is C12H16BrNOS. The van der Waals surface area contributed by atoms with Crippen LogP contribution in [0.1, 0.15) is 27.9 Å². The van der Waals surface area contributed by atoms with E-state index in [0.29, 0.717) is 12.0 Å². The third-order valence-corrected chi connectivity index (χ3v) is 4.90. The van der Waals surface area contributed by atoms with Gasteiger partial charge in [-0.25, -0.2) is 0 Å². The second-order valence-electron chi connectivity index (χ2n) is 4.40. The van der Waals surface area contributed by atoms with Gasteiger partial charge in [0.1, 0.15) is 0 Å². The molecular weight excluding hydrogens is 286 g/mol. The van der Waals surface area contributed by atoms with Gasteiger partial charge in [0.2, 0.25) is 0 Å². The molecule has 1 amide bonds. The molecule has 88 valence electrons. The Kier molecular flexibility index (Phi) is 3.70. The molecule has 1 fully saturated rings. The number of halogens is 1. The van der Waals surface area contributed by atoms with E-state index in [2.05, 4.69) is 22.9 Å². The Labute approximate surface area is 109 Å². The van der Waals surface area contributed by atoms with Gasteiger partial charge in [0.15, 0.2) is 0 Å². The monoisotopic (exact) mass is 301 g/mol. The van der Waals surface area contributed by atoms with E-state index < -0.39 is 0 Å². The number of hydrogen-bond acceptors (Lipinski definition) is 2. The van der Waals surface area contributed by atoms with Gasteiger partial charge in [0, 0.05) is 22.8 Å². The van der Waals surface area contributed by atoms with Crippen LogP contribution < -0.4 is 0 Å². The largest absolute Gasteiger partial charge is 0.334 e. The third-order valence-electron chi connectivity index (χ3n) is 3.25. The quantitative estimate of drug-likeness (QED) is 0.768. The average Bonchev–Trinajstić information content (AvgIpc) is 2.83. The number of carbonyl (C=O) groups excluding carboxylic acids is 1. The summed E-state index contributed by atoms with van der Waals surface area (Å²) >= 11 is 5.10. The molecule has 1 aliphatic heterocycles. The van der Waals surface area contributed by atoms with Crippen LogP contribution in [-0.2, 0) is 0 Å². The van der Waals surface area contributed by atoms with Crippen molar-refractivity contribution < 1.29 is 4.79 Å². The zero-order chi connectivity index (χ0) is 11.7. The maximum absolute atomic E-state index is 12.3. The van der Waals surface area contributed by atoms with E-state index in [1.807, 2.05) is 24.0 Å². The van der Waals surface area contributed by atoms with Crippen LogP contribution >= 0.6 is 27.3 Å². The number of likely N-dealkylation sites (tertiary alicyclic amines) is 1. The molecule has 2 unspecified atom stereocenters. The zero-order valence-corrected chi connectivity index (χ0v) is 12.0. The maximum atomic E-state index is 12.3. The highest BCUT2D eigenvalue weighted by atomic mass is 79.9. The van der Waals surface area contributed by atoms with Crippen LogP contribution in [0.4, 0.5) is 0 Å². The summed E-state index contributed by atoms with van der Waals surface area (Å²) in [4.78, 5) is 16.4. The lowest BCUT2D eigenvalue weighted by Crippen LogP contribution is -2.38. The summed E-state index contributed by atoms with van der Waals surface area (Å²) in [6.07, 6.45) is 1.12. The van der Waals surface area contributed by atoms with E-state index >= 15 is 0 Å². The first-order valence-electron chi connectivity index (χ1n) is 5.57. The molecule has 0 bridgehead atoms. The van der Waals surface area contributed by atoms with Crippen molar-refractivity contribution in [1.82, 2.24) is 4.90 Å². The van der Waals surface area contributed by atoms with Gasteiger partial charge >= 0.3 is 0 Å². The summed E-state index contributed by atoms with van der Waals surface area (Å²) in [5, 5.41) is 0.879. The zero-order valence-electron chi connectivity index (χ0n) is 9.57. The van der Waals surface area contributed by atoms with Gasteiger partial charge < -0.3 is 4.90 Å². The SMILES string of the molecule is Cc1ccc(C(=O)N2CCC(C)C2CBr)s1. The highest BCUT2D eigenvalue weighted by Crippen LogP contribution is 2.28. The maximum Gasteiger partial charge on any atom is 0.264 e. The number of alkyl halides is 1. The number of rotatable bonds is 2. The normalized spacial score (nSPS) is 25.1. The molecule has 0 saturated carbocycles. The van der Waals surface area contributed by atoms with Crippen molar-refractivity contribution in [2.75, 3.05) is 11.9 Å². The molecule has 0 radical (unpaired) electrons. The minimum atomic E-state index is 0.201. The predicted molar refractivity (Wildman–Crippen MR) is 71.5 cm³/mol. The fraction of sp³-hybridized carbons (Fsp3) is 0.583. The molecule has 0 spiro atoms. The molecule has 2 rings (SSSR count). The highest BCUT2D eigenvalue weighted by Gasteiger charge is 2.34. The van der Waals surface area contributed by atoms with Crippen LogP contribution in [0.3, 0.4) is 0 Å². The minimum absolute atomic E-state index is 0.201. The lowest BCUT2D eigenvalue weighted by molar-refractivity contribution is 0.0743. The van der Waals surface area contributed by atoms with Crippen molar-refractivity contribution in [3.63, 3.8) is 0 Å². The van der Waals surface area contributed by atoms with Crippen LogP contribution in [0, 0.1) is 12.8 Å². The van der Waals surface area contributed by atoms with Crippen molar-refractivity contribution in [3.05, 3.63) is 21.9 Å². The Morgan fingerprint density at radius 3 is 2.94 bits per heavy atom. The van der Waals surface area contributed by atoms with Crippen molar-refractivity contribution >= 4 is 33.2 Å². The Morgan fingerprint density at radius 2 is 2.38 bits per heavy atom. The van der Waals surface area contributed by atoms with Crippen molar-refractivity contribution in [3.8, 4) is 0 Å². The molecule has 0 aromatic carbocycles. The smallest absolute Gasteiger partial charge is 0.264 e. The topological polar surface area (TPSA) is 20.3 Å². The number of nitrogens with zero attached hydrogens (tertiary/aromatic N) is 1. The molecule has 2 atom stereocenters. The second-order valence-corrected chi connectivity index (χ2v) is 6.33. The molecule has 16 heavy (non-hydrogen) atoms.